The number of carbonyl (C=O) groups is 4. The Labute approximate surface area is 263 Å². The van der Waals surface area contributed by atoms with Gasteiger partial charge < -0.3 is 24.7 Å². The second kappa shape index (κ2) is 16.8. The van der Waals surface area contributed by atoms with Crippen LogP contribution in [-0.4, -0.2) is 115 Å². The minimum absolute atomic E-state index is 0.0534. The molecular formula is C32H56N4O8. The first kappa shape index (κ1) is 38.9. The summed E-state index contributed by atoms with van der Waals surface area (Å²) in [5.74, 6) is -1.13. The average Bonchev–Trinajstić information content (AvgIpc) is 3.46. The fourth-order valence-corrected chi connectivity index (χ4v) is 5.75. The molecule has 2 rings (SSSR count). The molecule has 0 radical (unpaired) electrons. The summed E-state index contributed by atoms with van der Waals surface area (Å²) in [5, 5.41) is 0. The lowest BCUT2D eigenvalue weighted by Crippen LogP contribution is -2.46. The number of nitrogens with zero attached hydrogens (tertiary/aromatic N) is 3. The maximum Gasteiger partial charge on any atom is 0.411 e. The molecule has 2 heterocycles. The molecule has 0 bridgehead atoms. The van der Waals surface area contributed by atoms with E-state index in [0.717, 1.165) is 13.1 Å². The molecule has 44 heavy (non-hydrogen) atoms. The Bertz CT molecular complexity index is 1000. The number of allylic oxidation sites excluding steroid dienone is 2. The van der Waals surface area contributed by atoms with E-state index in [0.29, 0.717) is 19.4 Å². The van der Waals surface area contributed by atoms with Gasteiger partial charge in [0, 0.05) is 37.0 Å². The Kier molecular flexibility index (Phi) is 14.9. The summed E-state index contributed by atoms with van der Waals surface area (Å²) in [4.78, 5) is 54.4. The van der Waals surface area contributed by atoms with Gasteiger partial charge in [-0.15, -0.1) is 13.2 Å². The molecule has 6 atom stereocenters. The zero-order valence-electron chi connectivity index (χ0n) is 28.5. The lowest BCUT2D eigenvalue weighted by Gasteiger charge is -2.30. The van der Waals surface area contributed by atoms with Gasteiger partial charge in [0.1, 0.15) is 23.3 Å². The van der Waals surface area contributed by atoms with Gasteiger partial charge in [-0.2, -0.15) is 0 Å². The molecule has 2 N–H and O–H groups in total. The van der Waals surface area contributed by atoms with E-state index in [1.165, 1.54) is 24.0 Å². The molecule has 0 aliphatic carbocycles. The van der Waals surface area contributed by atoms with Gasteiger partial charge in [-0.1, -0.05) is 26.0 Å². The molecule has 0 saturated carbocycles. The second-order valence-corrected chi connectivity index (χ2v) is 13.0. The third kappa shape index (κ3) is 10.5. The van der Waals surface area contributed by atoms with E-state index < -0.39 is 47.4 Å². The fourth-order valence-electron chi connectivity index (χ4n) is 5.75. The average molecular weight is 625 g/mol. The van der Waals surface area contributed by atoms with E-state index in [4.69, 9.17) is 24.7 Å². The summed E-state index contributed by atoms with van der Waals surface area (Å²) >= 11 is 0. The summed E-state index contributed by atoms with van der Waals surface area (Å²) in [6, 6.07) is -1.59. The molecule has 2 saturated heterocycles. The normalized spacial score (nSPS) is 25.1. The van der Waals surface area contributed by atoms with Crippen molar-refractivity contribution in [3.05, 3.63) is 25.3 Å². The van der Waals surface area contributed by atoms with Crippen molar-refractivity contribution in [2.75, 3.05) is 40.4 Å². The molecule has 2 fully saturated rings. The van der Waals surface area contributed by atoms with Crippen molar-refractivity contribution in [2.24, 2.45) is 17.6 Å². The number of nitrogens with two attached hydrogens (primary N) is 1. The Hall–Kier alpha value is -3.12. The highest BCUT2D eigenvalue weighted by molar-refractivity contribution is 5.83. The van der Waals surface area contributed by atoms with E-state index >= 15 is 0 Å². The molecule has 0 spiro atoms. The molecule has 12 heteroatoms. The van der Waals surface area contributed by atoms with Crippen LogP contribution in [0.3, 0.4) is 0 Å². The fraction of sp³-hybridized carbons (Fsp3) is 0.750. The number of likely N-dealkylation sites (tertiary alicyclic amines) is 2. The van der Waals surface area contributed by atoms with Gasteiger partial charge in [-0.3, -0.25) is 14.7 Å². The predicted octanol–water partition coefficient (Wildman–Crippen LogP) is 3.98. The predicted molar refractivity (Wildman–Crippen MR) is 169 cm³/mol. The highest BCUT2D eigenvalue weighted by atomic mass is 16.6. The Morgan fingerprint density at radius 1 is 0.773 bits per heavy atom. The number of methoxy groups -OCH3 is 2. The summed E-state index contributed by atoms with van der Waals surface area (Å²) in [6.07, 6.45) is 3.66. The van der Waals surface area contributed by atoms with Crippen molar-refractivity contribution in [3.63, 3.8) is 0 Å². The van der Waals surface area contributed by atoms with Crippen molar-refractivity contribution >= 4 is 24.1 Å². The van der Waals surface area contributed by atoms with Crippen LogP contribution in [0.2, 0.25) is 0 Å². The van der Waals surface area contributed by atoms with Crippen LogP contribution in [0.15, 0.2) is 25.3 Å². The van der Waals surface area contributed by atoms with Gasteiger partial charge >= 0.3 is 24.1 Å². The molecule has 0 aromatic carbocycles. The van der Waals surface area contributed by atoms with Crippen LogP contribution in [0.5, 0.6) is 0 Å². The van der Waals surface area contributed by atoms with Crippen molar-refractivity contribution in [1.29, 1.82) is 0 Å². The van der Waals surface area contributed by atoms with Crippen LogP contribution in [-0.2, 0) is 28.5 Å². The number of hydrogen-bond acceptors (Lipinski definition) is 10. The van der Waals surface area contributed by atoms with Crippen molar-refractivity contribution in [2.45, 2.75) is 104 Å². The second-order valence-electron chi connectivity index (χ2n) is 13.0. The molecule has 2 aliphatic heterocycles. The molecule has 2 aliphatic rings. The van der Waals surface area contributed by atoms with Crippen molar-refractivity contribution in [3.8, 4) is 0 Å². The van der Waals surface area contributed by atoms with Crippen LogP contribution in [0, 0.1) is 11.8 Å². The van der Waals surface area contributed by atoms with Crippen molar-refractivity contribution < 1.29 is 38.1 Å². The smallest absolute Gasteiger partial charge is 0.411 e. The summed E-state index contributed by atoms with van der Waals surface area (Å²) in [6.45, 7) is 24.8. The zero-order valence-corrected chi connectivity index (χ0v) is 28.5. The van der Waals surface area contributed by atoms with E-state index in [9.17, 15) is 19.2 Å². The van der Waals surface area contributed by atoms with E-state index in [1.807, 2.05) is 20.8 Å². The number of ether oxygens (including phenoxy) is 4. The van der Waals surface area contributed by atoms with Crippen LogP contribution in [0.1, 0.15) is 68.2 Å². The topological polar surface area (TPSA) is 141 Å². The minimum Gasteiger partial charge on any atom is -0.467 e. The number of likely N-dealkylation sites (N-methyl/N-ethyl adjacent to an activating group) is 1. The first-order valence-corrected chi connectivity index (χ1v) is 15.3. The number of hydrogen-bond donors (Lipinski definition) is 1. The molecular weight excluding hydrogens is 568 g/mol. The highest BCUT2D eigenvalue weighted by Crippen LogP contribution is 2.34. The number of carbonyl (C=O) groups excluding carboxylic acids is 4. The molecule has 0 aromatic rings. The molecule has 0 unspecified atom stereocenters. The number of rotatable bonds is 9. The third-order valence-electron chi connectivity index (χ3n) is 7.62. The van der Waals surface area contributed by atoms with Gasteiger partial charge in [0.05, 0.1) is 14.2 Å². The maximum atomic E-state index is 12.6. The van der Waals surface area contributed by atoms with Gasteiger partial charge in [0.25, 0.3) is 0 Å². The molecule has 0 aromatic heterocycles. The van der Waals surface area contributed by atoms with E-state index in [2.05, 4.69) is 31.9 Å². The zero-order chi connectivity index (χ0) is 34.0. The molecule has 12 nitrogen and oxygen atoms in total. The SMILES string of the molecule is C=CC[C@H]1[C@@H](C(=O)OC)N(C(=O)OC(C)(C)C)C[C@@H]1N.C=CC[C@H]1[C@@H](C(=O)OC)N(C(=O)OC(C)(C)C)C[C@@H]1N(CC)CC. The molecule has 252 valence electrons. The Morgan fingerprint density at radius 3 is 1.52 bits per heavy atom. The largest absolute Gasteiger partial charge is 0.467 e. The van der Waals surface area contributed by atoms with Gasteiger partial charge in [-0.25, -0.2) is 19.2 Å². The van der Waals surface area contributed by atoms with Gasteiger partial charge in [-0.05, 0) is 67.5 Å². The van der Waals surface area contributed by atoms with Crippen LogP contribution >= 0.6 is 0 Å². The van der Waals surface area contributed by atoms with E-state index in [-0.39, 0.29) is 30.5 Å². The van der Waals surface area contributed by atoms with Gasteiger partial charge in [0.15, 0.2) is 0 Å². The first-order chi connectivity index (χ1) is 20.4. The first-order valence-electron chi connectivity index (χ1n) is 15.3. The number of amides is 2. The summed E-state index contributed by atoms with van der Waals surface area (Å²) in [5.41, 5.74) is 4.80. The van der Waals surface area contributed by atoms with Crippen LogP contribution < -0.4 is 5.73 Å². The standard InChI is InChI=1S/C18H32N2O4.C14H24N2O4/c1-8-11-13-14(19(9-2)10-3)12-20(15(13)16(21)23-7)17(22)24-18(4,5)6;1-6-7-9-10(15)8-16(11(9)12(17)19-5)13(18)20-14(2,3)4/h8,13-15H,1,9-12H2,2-7H3;6,9-11H,1,7-8,15H2,2-5H3/t13-,14+,15+;9-,10+,11+/m11/s1. The Morgan fingerprint density at radius 2 is 1.16 bits per heavy atom. The van der Waals surface area contributed by atoms with Crippen LogP contribution in [0.4, 0.5) is 9.59 Å². The molecule has 2 amide bonds. The van der Waals surface area contributed by atoms with E-state index in [1.54, 1.807) is 32.9 Å². The summed E-state index contributed by atoms with van der Waals surface area (Å²) in [7, 11) is 2.65. The quantitative estimate of drug-likeness (QED) is 0.228. The minimum atomic E-state index is -0.720. The lowest BCUT2D eigenvalue weighted by atomic mass is 9.91. The Balaban J connectivity index is 0.000000447. The van der Waals surface area contributed by atoms with Crippen LogP contribution in [0.25, 0.3) is 0 Å². The lowest BCUT2D eigenvalue weighted by molar-refractivity contribution is -0.147. The maximum absolute atomic E-state index is 12.6. The van der Waals surface area contributed by atoms with Gasteiger partial charge in [0.2, 0.25) is 0 Å². The highest BCUT2D eigenvalue weighted by Gasteiger charge is 2.50. The monoisotopic (exact) mass is 624 g/mol. The number of esters is 2. The summed E-state index contributed by atoms with van der Waals surface area (Å²) < 4.78 is 20.6. The van der Waals surface area contributed by atoms with Crippen molar-refractivity contribution in [1.82, 2.24) is 14.7 Å². The third-order valence-corrected chi connectivity index (χ3v) is 7.62.